The lowest BCUT2D eigenvalue weighted by Crippen LogP contribution is -2.40. The Morgan fingerprint density at radius 1 is 1.38 bits per heavy atom. The number of aryl methyl sites for hydroxylation is 1. The van der Waals surface area contributed by atoms with Crippen molar-refractivity contribution in [2.24, 2.45) is 5.73 Å². The zero-order chi connectivity index (χ0) is 9.26. The summed E-state index contributed by atoms with van der Waals surface area (Å²) in [5.41, 5.74) is 10.7. The molecule has 0 aliphatic heterocycles. The Morgan fingerprint density at radius 2 is 2.15 bits per heavy atom. The Kier molecular flexibility index (Phi) is 2.31. The first-order valence-electron chi connectivity index (χ1n) is 4.56. The molecule has 3 nitrogen and oxygen atoms in total. The topological polar surface area (TPSA) is 58.3 Å². The third kappa shape index (κ3) is 1.46. The van der Waals surface area contributed by atoms with E-state index in [2.05, 4.69) is 11.5 Å². The predicted molar refractivity (Wildman–Crippen MR) is 50.4 cm³/mol. The minimum atomic E-state index is -0.0880. The Labute approximate surface area is 77.5 Å². The molecule has 1 aromatic carbocycles. The van der Waals surface area contributed by atoms with Crippen LogP contribution < -0.4 is 11.2 Å². The number of benzene rings is 1. The molecule has 0 heterocycles. The maximum absolute atomic E-state index is 8.86. The summed E-state index contributed by atoms with van der Waals surface area (Å²) < 4.78 is 0. The van der Waals surface area contributed by atoms with Crippen LogP contribution in [0.25, 0.3) is 0 Å². The molecule has 2 unspecified atom stereocenters. The van der Waals surface area contributed by atoms with E-state index >= 15 is 0 Å². The van der Waals surface area contributed by atoms with E-state index in [1.54, 1.807) is 0 Å². The van der Waals surface area contributed by atoms with E-state index in [-0.39, 0.29) is 12.1 Å². The normalized spacial score (nSPS) is 26.9. The minimum Gasteiger partial charge on any atom is -0.323 e. The molecule has 0 amide bonds. The highest BCUT2D eigenvalue weighted by Gasteiger charge is 2.25. The summed E-state index contributed by atoms with van der Waals surface area (Å²) in [7, 11) is 0. The van der Waals surface area contributed by atoms with Crippen LogP contribution in [-0.4, -0.2) is 11.2 Å². The van der Waals surface area contributed by atoms with Crippen LogP contribution in [-0.2, 0) is 6.42 Å². The van der Waals surface area contributed by atoms with Crippen LogP contribution in [0.3, 0.4) is 0 Å². The molecule has 0 fully saturated rings. The molecule has 0 saturated carbocycles. The first-order valence-corrected chi connectivity index (χ1v) is 4.56. The molecule has 13 heavy (non-hydrogen) atoms. The second-order valence-electron chi connectivity index (χ2n) is 3.50. The van der Waals surface area contributed by atoms with Gasteiger partial charge in [-0.2, -0.15) is 0 Å². The van der Waals surface area contributed by atoms with Crippen LogP contribution in [0.2, 0.25) is 0 Å². The number of nitrogens with two attached hydrogens (primary N) is 1. The molecule has 2 atom stereocenters. The van der Waals surface area contributed by atoms with Crippen LogP contribution in [0.1, 0.15) is 23.6 Å². The molecule has 70 valence electrons. The van der Waals surface area contributed by atoms with Gasteiger partial charge >= 0.3 is 0 Å². The van der Waals surface area contributed by atoms with Gasteiger partial charge in [-0.1, -0.05) is 24.3 Å². The van der Waals surface area contributed by atoms with Crippen molar-refractivity contribution >= 4 is 0 Å². The van der Waals surface area contributed by atoms with Crippen LogP contribution in [0.15, 0.2) is 24.3 Å². The average molecular weight is 178 g/mol. The van der Waals surface area contributed by atoms with Gasteiger partial charge in [0, 0.05) is 6.04 Å². The van der Waals surface area contributed by atoms with Crippen LogP contribution >= 0.6 is 0 Å². The van der Waals surface area contributed by atoms with Crippen molar-refractivity contribution < 1.29 is 5.21 Å². The van der Waals surface area contributed by atoms with Gasteiger partial charge in [-0.25, -0.2) is 5.48 Å². The molecule has 1 aliphatic carbocycles. The first kappa shape index (κ1) is 8.69. The molecule has 2 rings (SSSR count). The van der Waals surface area contributed by atoms with E-state index in [0.29, 0.717) is 0 Å². The molecule has 4 N–H and O–H groups in total. The van der Waals surface area contributed by atoms with E-state index in [1.807, 2.05) is 18.2 Å². The van der Waals surface area contributed by atoms with Gasteiger partial charge in [0.05, 0.1) is 6.04 Å². The van der Waals surface area contributed by atoms with E-state index in [9.17, 15) is 0 Å². The van der Waals surface area contributed by atoms with Crippen LogP contribution in [0.4, 0.5) is 0 Å². The first-order chi connectivity index (χ1) is 6.33. The van der Waals surface area contributed by atoms with Crippen molar-refractivity contribution in [1.29, 1.82) is 0 Å². The number of hydroxylamine groups is 1. The zero-order valence-electron chi connectivity index (χ0n) is 7.40. The van der Waals surface area contributed by atoms with Gasteiger partial charge < -0.3 is 10.9 Å². The fraction of sp³-hybridized carbons (Fsp3) is 0.400. The number of nitrogens with one attached hydrogen (secondary N) is 1. The lowest BCUT2D eigenvalue weighted by Gasteiger charge is -2.29. The third-order valence-corrected chi connectivity index (χ3v) is 2.74. The summed E-state index contributed by atoms with van der Waals surface area (Å²) in [6.45, 7) is 0. The van der Waals surface area contributed by atoms with Crippen molar-refractivity contribution in [3.05, 3.63) is 35.4 Å². The highest BCUT2D eigenvalue weighted by Crippen LogP contribution is 2.27. The summed E-state index contributed by atoms with van der Waals surface area (Å²) in [5.74, 6) is 0. The van der Waals surface area contributed by atoms with Crippen molar-refractivity contribution in [3.63, 3.8) is 0 Å². The van der Waals surface area contributed by atoms with Crippen molar-refractivity contribution in [1.82, 2.24) is 5.48 Å². The van der Waals surface area contributed by atoms with Gasteiger partial charge in [-0.15, -0.1) is 0 Å². The molecule has 0 saturated heterocycles. The summed E-state index contributed by atoms with van der Waals surface area (Å²) in [5, 5.41) is 8.86. The summed E-state index contributed by atoms with van der Waals surface area (Å²) in [4.78, 5) is 0. The van der Waals surface area contributed by atoms with E-state index in [0.717, 1.165) is 18.4 Å². The van der Waals surface area contributed by atoms with Gasteiger partial charge in [0.15, 0.2) is 0 Å². The number of rotatable bonds is 1. The van der Waals surface area contributed by atoms with E-state index in [1.165, 1.54) is 5.56 Å². The third-order valence-electron chi connectivity index (χ3n) is 2.74. The maximum atomic E-state index is 8.86. The monoisotopic (exact) mass is 178 g/mol. The molecule has 1 aliphatic rings. The highest BCUT2D eigenvalue weighted by atomic mass is 16.5. The maximum Gasteiger partial charge on any atom is 0.0515 e. The fourth-order valence-corrected chi connectivity index (χ4v) is 1.94. The second-order valence-corrected chi connectivity index (χ2v) is 3.50. The molecule has 0 bridgehead atoms. The highest BCUT2D eigenvalue weighted by molar-refractivity contribution is 5.33. The molecule has 1 aromatic rings. The van der Waals surface area contributed by atoms with Crippen LogP contribution in [0.5, 0.6) is 0 Å². The van der Waals surface area contributed by atoms with Gasteiger partial charge in [-0.3, -0.25) is 0 Å². The SMILES string of the molecule is NC1c2ccccc2CCC1NO. The van der Waals surface area contributed by atoms with Gasteiger partial charge in [-0.05, 0) is 24.0 Å². The lowest BCUT2D eigenvalue weighted by atomic mass is 9.85. The molecule has 0 radical (unpaired) electrons. The molecular weight excluding hydrogens is 164 g/mol. The van der Waals surface area contributed by atoms with Crippen molar-refractivity contribution in [2.75, 3.05) is 0 Å². The molecular formula is C10H14N2O. The van der Waals surface area contributed by atoms with Crippen LogP contribution in [0, 0.1) is 0 Å². The summed E-state index contributed by atoms with van der Waals surface area (Å²) in [6.07, 6.45) is 1.89. The molecule has 0 aromatic heterocycles. The lowest BCUT2D eigenvalue weighted by molar-refractivity contribution is 0.106. The van der Waals surface area contributed by atoms with Gasteiger partial charge in [0.2, 0.25) is 0 Å². The Hall–Kier alpha value is -0.900. The Balaban J connectivity index is 2.33. The standard InChI is InChI=1S/C10H14N2O/c11-10-8-4-2-1-3-7(8)5-6-9(10)12-13/h1-4,9-10,12-13H,5-6,11H2. The zero-order valence-corrected chi connectivity index (χ0v) is 7.40. The van der Waals surface area contributed by atoms with Crippen molar-refractivity contribution in [2.45, 2.75) is 24.9 Å². The van der Waals surface area contributed by atoms with Gasteiger partial charge in [0.1, 0.15) is 0 Å². The van der Waals surface area contributed by atoms with E-state index < -0.39 is 0 Å². The van der Waals surface area contributed by atoms with E-state index in [4.69, 9.17) is 10.9 Å². The number of fused-ring (bicyclic) bond motifs is 1. The summed E-state index contributed by atoms with van der Waals surface area (Å²) >= 11 is 0. The Morgan fingerprint density at radius 3 is 2.92 bits per heavy atom. The number of hydrogen-bond acceptors (Lipinski definition) is 3. The number of hydrogen-bond donors (Lipinski definition) is 3. The smallest absolute Gasteiger partial charge is 0.0515 e. The summed E-state index contributed by atoms with van der Waals surface area (Å²) in [6, 6.07) is 8.05. The average Bonchev–Trinajstić information content (AvgIpc) is 2.19. The minimum absolute atomic E-state index is 0.00472. The second kappa shape index (κ2) is 3.46. The Bertz CT molecular complexity index is 301. The molecule has 0 spiro atoms. The van der Waals surface area contributed by atoms with Crippen molar-refractivity contribution in [3.8, 4) is 0 Å². The largest absolute Gasteiger partial charge is 0.323 e. The predicted octanol–water partition coefficient (Wildman–Crippen LogP) is 0.980. The van der Waals surface area contributed by atoms with Gasteiger partial charge in [0.25, 0.3) is 0 Å². The fourth-order valence-electron chi connectivity index (χ4n) is 1.94. The quantitative estimate of drug-likeness (QED) is 0.562. The molecule has 3 heteroatoms.